The van der Waals surface area contributed by atoms with Gasteiger partial charge >= 0.3 is 0 Å². The van der Waals surface area contributed by atoms with Crippen molar-refractivity contribution < 1.29 is 19.1 Å². The number of fused-ring (bicyclic) bond motifs is 1. The van der Waals surface area contributed by atoms with Crippen molar-refractivity contribution in [2.75, 3.05) is 21.3 Å². The number of nitrogens with one attached hydrogen (secondary N) is 1. The van der Waals surface area contributed by atoms with E-state index in [1.807, 2.05) is 66.6 Å². The Balaban J connectivity index is 1.39. The monoisotopic (exact) mass is 466 g/mol. The molecule has 3 unspecified atom stereocenters. The number of rotatable bonds is 6. The predicted octanol–water partition coefficient (Wildman–Crippen LogP) is 4.10. The minimum Gasteiger partial charge on any atom is -0.497 e. The third-order valence-corrected chi connectivity index (χ3v) is 7.89. The van der Waals surface area contributed by atoms with Gasteiger partial charge in [0.1, 0.15) is 11.5 Å². The summed E-state index contributed by atoms with van der Waals surface area (Å²) in [7, 11) is 5.13. The molecule has 0 aromatic heterocycles. The molecule has 2 aliphatic rings. The number of carbonyl (C=O) groups excluding carboxylic acids is 2. The van der Waals surface area contributed by atoms with E-state index in [9.17, 15) is 9.59 Å². The maximum Gasteiger partial charge on any atom is 0.260 e. The summed E-state index contributed by atoms with van der Waals surface area (Å²) in [4.78, 5) is 28.6. The molecule has 2 aromatic rings. The average molecular weight is 467 g/mol. The van der Waals surface area contributed by atoms with Crippen LogP contribution in [0.5, 0.6) is 11.5 Å². The van der Waals surface area contributed by atoms with Gasteiger partial charge in [-0.25, -0.2) is 0 Å². The van der Waals surface area contributed by atoms with E-state index in [1.54, 1.807) is 26.0 Å². The van der Waals surface area contributed by atoms with Crippen molar-refractivity contribution in [2.24, 2.45) is 5.92 Å². The number of benzene rings is 2. The van der Waals surface area contributed by atoms with Gasteiger partial charge < -0.3 is 19.7 Å². The molecule has 1 saturated heterocycles. The minimum absolute atomic E-state index is 0.0205. The van der Waals surface area contributed by atoms with Gasteiger partial charge in [-0.1, -0.05) is 30.3 Å². The summed E-state index contributed by atoms with van der Waals surface area (Å²) < 4.78 is 10.6. The Kier molecular flexibility index (Phi) is 7.28. The quantitative estimate of drug-likeness (QED) is 0.649. The number of carbonyl (C=O) groups is 2. The summed E-state index contributed by atoms with van der Waals surface area (Å²) in [5.41, 5.74) is 1.93. The van der Waals surface area contributed by atoms with Gasteiger partial charge in [0, 0.05) is 36.4 Å². The van der Waals surface area contributed by atoms with Crippen LogP contribution in [0.1, 0.15) is 30.4 Å². The SMILES string of the molecule is COc1ccc(/C=C2\SC3CCC(C(=O)NCc4ccccc4OC)CC3N(C)C2=O)cc1. The molecule has 4 rings (SSSR count). The molecule has 2 aromatic carbocycles. The molecule has 6 nitrogen and oxygen atoms in total. The standard InChI is InChI=1S/C26H30N2O4S/c1-28-21-15-18(25(29)27-16-19-6-4-5-7-22(19)32-3)10-13-23(21)33-24(26(28)30)14-17-8-11-20(31-2)12-9-17/h4-9,11-12,14,18,21,23H,10,13,15-16H2,1-3H3,(H,27,29)/b24-14-. The Hall–Kier alpha value is -2.93. The Labute approximate surface area is 199 Å². The van der Waals surface area contributed by atoms with E-state index in [4.69, 9.17) is 9.47 Å². The maximum absolute atomic E-state index is 13.1. The summed E-state index contributed by atoms with van der Waals surface area (Å²) in [6, 6.07) is 15.5. The number of hydrogen-bond acceptors (Lipinski definition) is 5. The summed E-state index contributed by atoms with van der Waals surface area (Å²) in [6.07, 6.45) is 4.36. The number of likely N-dealkylation sites (N-methyl/N-ethyl adjacent to an activating group) is 1. The fraction of sp³-hybridized carbons (Fsp3) is 0.385. The van der Waals surface area contributed by atoms with E-state index in [2.05, 4.69) is 5.32 Å². The Bertz CT molecular complexity index is 1040. The summed E-state index contributed by atoms with van der Waals surface area (Å²) in [5, 5.41) is 3.37. The highest BCUT2D eigenvalue weighted by Gasteiger charge is 2.42. The minimum atomic E-state index is -0.0936. The van der Waals surface area contributed by atoms with Gasteiger partial charge in [0.05, 0.1) is 19.1 Å². The van der Waals surface area contributed by atoms with Gasteiger partial charge in [-0.15, -0.1) is 11.8 Å². The normalized spacial score (nSPS) is 23.7. The predicted molar refractivity (Wildman–Crippen MR) is 131 cm³/mol. The molecule has 2 amide bonds. The molecule has 1 N–H and O–H groups in total. The molecule has 1 saturated carbocycles. The summed E-state index contributed by atoms with van der Waals surface area (Å²) >= 11 is 1.65. The smallest absolute Gasteiger partial charge is 0.260 e. The van der Waals surface area contributed by atoms with E-state index >= 15 is 0 Å². The zero-order chi connectivity index (χ0) is 23.4. The first kappa shape index (κ1) is 23.2. The number of ether oxygens (including phenoxy) is 2. The number of para-hydroxylation sites is 1. The van der Waals surface area contributed by atoms with Crippen LogP contribution in [0.2, 0.25) is 0 Å². The molecule has 0 spiro atoms. The van der Waals surface area contributed by atoms with Gasteiger partial charge in [-0.2, -0.15) is 0 Å². The van der Waals surface area contributed by atoms with Crippen molar-refractivity contribution >= 4 is 29.7 Å². The molecule has 2 fully saturated rings. The van der Waals surface area contributed by atoms with E-state index in [0.29, 0.717) is 18.2 Å². The van der Waals surface area contributed by atoms with Crippen molar-refractivity contribution in [3.8, 4) is 11.5 Å². The second-order valence-corrected chi connectivity index (χ2v) is 9.74. The molecule has 0 radical (unpaired) electrons. The Morgan fingerprint density at radius 2 is 1.88 bits per heavy atom. The zero-order valence-electron chi connectivity index (χ0n) is 19.2. The molecular formula is C26H30N2O4S. The number of nitrogens with zero attached hydrogens (tertiary/aromatic N) is 1. The lowest BCUT2D eigenvalue weighted by Gasteiger charge is -2.44. The van der Waals surface area contributed by atoms with Gasteiger partial charge in [0.25, 0.3) is 5.91 Å². The van der Waals surface area contributed by atoms with E-state index in [1.165, 1.54) is 0 Å². The van der Waals surface area contributed by atoms with E-state index in [-0.39, 0.29) is 23.8 Å². The first-order valence-electron chi connectivity index (χ1n) is 11.2. The molecular weight excluding hydrogens is 436 g/mol. The molecule has 0 bridgehead atoms. The lowest BCUT2D eigenvalue weighted by atomic mass is 9.83. The second-order valence-electron chi connectivity index (χ2n) is 8.46. The van der Waals surface area contributed by atoms with Gasteiger partial charge in [-0.05, 0) is 49.1 Å². The Morgan fingerprint density at radius 1 is 1.12 bits per heavy atom. The fourth-order valence-electron chi connectivity index (χ4n) is 4.56. The van der Waals surface area contributed by atoms with E-state index in [0.717, 1.165) is 40.4 Å². The highest BCUT2D eigenvalue weighted by molar-refractivity contribution is 8.04. The largest absolute Gasteiger partial charge is 0.497 e. The second kappa shape index (κ2) is 10.3. The highest BCUT2D eigenvalue weighted by atomic mass is 32.2. The number of methoxy groups -OCH3 is 2. The van der Waals surface area contributed by atoms with Crippen molar-refractivity contribution in [1.82, 2.24) is 10.2 Å². The molecule has 1 heterocycles. The molecule has 33 heavy (non-hydrogen) atoms. The molecule has 1 aliphatic heterocycles. The summed E-state index contributed by atoms with van der Waals surface area (Å²) in [5.74, 6) is 1.53. The summed E-state index contributed by atoms with van der Waals surface area (Å²) in [6.45, 7) is 0.436. The lowest BCUT2D eigenvalue weighted by Crippen LogP contribution is -2.52. The van der Waals surface area contributed by atoms with Crippen molar-refractivity contribution in [3.63, 3.8) is 0 Å². The van der Waals surface area contributed by atoms with Gasteiger partial charge in [-0.3, -0.25) is 9.59 Å². The van der Waals surface area contributed by atoms with Crippen LogP contribution in [-0.2, 0) is 16.1 Å². The topological polar surface area (TPSA) is 67.9 Å². The average Bonchev–Trinajstić information content (AvgIpc) is 2.86. The fourth-order valence-corrected chi connectivity index (χ4v) is 6.04. The third kappa shape index (κ3) is 5.19. The number of thioether (sulfide) groups is 1. The maximum atomic E-state index is 13.1. The van der Waals surface area contributed by atoms with Crippen LogP contribution in [0.3, 0.4) is 0 Å². The lowest BCUT2D eigenvalue weighted by molar-refractivity contribution is -0.132. The van der Waals surface area contributed by atoms with Crippen molar-refractivity contribution in [1.29, 1.82) is 0 Å². The third-order valence-electron chi connectivity index (χ3n) is 6.49. The van der Waals surface area contributed by atoms with Gasteiger partial charge in [0.2, 0.25) is 5.91 Å². The van der Waals surface area contributed by atoms with Crippen LogP contribution in [0.4, 0.5) is 0 Å². The number of amides is 2. The van der Waals surface area contributed by atoms with Crippen LogP contribution in [0, 0.1) is 5.92 Å². The van der Waals surface area contributed by atoms with Crippen LogP contribution in [-0.4, -0.2) is 49.3 Å². The Morgan fingerprint density at radius 3 is 2.61 bits per heavy atom. The molecule has 1 aliphatic carbocycles. The zero-order valence-corrected chi connectivity index (χ0v) is 20.1. The number of hydrogen-bond donors (Lipinski definition) is 1. The highest BCUT2D eigenvalue weighted by Crippen LogP contribution is 2.43. The van der Waals surface area contributed by atoms with Crippen molar-refractivity contribution in [2.45, 2.75) is 37.1 Å². The van der Waals surface area contributed by atoms with E-state index < -0.39 is 0 Å². The van der Waals surface area contributed by atoms with Crippen LogP contribution >= 0.6 is 11.8 Å². The van der Waals surface area contributed by atoms with Gasteiger partial charge in [0.15, 0.2) is 0 Å². The first-order chi connectivity index (χ1) is 16.0. The van der Waals surface area contributed by atoms with Crippen LogP contribution < -0.4 is 14.8 Å². The van der Waals surface area contributed by atoms with Crippen LogP contribution in [0.25, 0.3) is 6.08 Å². The molecule has 7 heteroatoms. The molecule has 3 atom stereocenters. The van der Waals surface area contributed by atoms with Crippen LogP contribution in [0.15, 0.2) is 53.4 Å². The first-order valence-corrected chi connectivity index (χ1v) is 12.1. The van der Waals surface area contributed by atoms with Crippen molar-refractivity contribution in [3.05, 3.63) is 64.6 Å². The molecule has 174 valence electrons.